The van der Waals surface area contributed by atoms with Crippen LogP contribution in [-0.2, 0) is 0 Å². The van der Waals surface area contributed by atoms with Gasteiger partial charge < -0.3 is 10.6 Å². The Kier molecular flexibility index (Phi) is 5.34. The van der Waals surface area contributed by atoms with Gasteiger partial charge in [-0.1, -0.05) is 39.3 Å². The fraction of sp³-hybridized carbons (Fsp3) is 0.846. The van der Waals surface area contributed by atoms with Gasteiger partial charge in [-0.3, -0.25) is 0 Å². The molecular formula is C13H26N2. The first-order valence-electron chi connectivity index (χ1n) is 6.31. The van der Waals surface area contributed by atoms with E-state index in [0.29, 0.717) is 12.0 Å². The van der Waals surface area contributed by atoms with E-state index in [1.165, 1.54) is 19.5 Å². The maximum absolute atomic E-state index is 5.86. The van der Waals surface area contributed by atoms with Gasteiger partial charge in [0.2, 0.25) is 0 Å². The molecule has 3 atom stereocenters. The highest BCUT2D eigenvalue weighted by Crippen LogP contribution is 2.18. The van der Waals surface area contributed by atoms with Gasteiger partial charge in [0.25, 0.3) is 0 Å². The van der Waals surface area contributed by atoms with Crippen molar-refractivity contribution >= 4 is 0 Å². The second-order valence-corrected chi connectivity index (χ2v) is 4.91. The second kappa shape index (κ2) is 6.29. The van der Waals surface area contributed by atoms with Crippen molar-refractivity contribution in [1.82, 2.24) is 4.90 Å². The Hall–Kier alpha value is -0.340. The van der Waals surface area contributed by atoms with E-state index in [-0.39, 0.29) is 0 Å². The average Bonchev–Trinajstić information content (AvgIpc) is 2.62. The minimum atomic E-state index is 0.303. The van der Waals surface area contributed by atoms with Crippen molar-refractivity contribution in [2.75, 3.05) is 19.6 Å². The van der Waals surface area contributed by atoms with Crippen LogP contribution in [0, 0.1) is 11.8 Å². The summed E-state index contributed by atoms with van der Waals surface area (Å²) in [4.78, 5) is 2.56. The van der Waals surface area contributed by atoms with Crippen LogP contribution in [0.4, 0.5) is 0 Å². The molecule has 2 N–H and O–H groups in total. The van der Waals surface area contributed by atoms with Crippen LogP contribution in [0.3, 0.4) is 0 Å². The van der Waals surface area contributed by atoms with Crippen LogP contribution in [0.1, 0.15) is 33.6 Å². The van der Waals surface area contributed by atoms with Crippen LogP contribution in [-0.4, -0.2) is 30.6 Å². The molecule has 1 aliphatic carbocycles. The highest BCUT2D eigenvalue weighted by Gasteiger charge is 2.18. The van der Waals surface area contributed by atoms with E-state index in [4.69, 9.17) is 5.73 Å². The Bertz CT molecular complexity index is 201. The lowest BCUT2D eigenvalue weighted by atomic mass is 10.1. The molecule has 2 heteroatoms. The van der Waals surface area contributed by atoms with Gasteiger partial charge in [-0.2, -0.15) is 0 Å². The molecule has 0 spiro atoms. The molecule has 15 heavy (non-hydrogen) atoms. The van der Waals surface area contributed by atoms with E-state index < -0.39 is 0 Å². The minimum absolute atomic E-state index is 0.303. The van der Waals surface area contributed by atoms with Crippen molar-refractivity contribution in [3.05, 3.63) is 12.2 Å². The van der Waals surface area contributed by atoms with E-state index in [2.05, 4.69) is 37.8 Å². The predicted molar refractivity (Wildman–Crippen MR) is 66.8 cm³/mol. The highest BCUT2D eigenvalue weighted by atomic mass is 15.1. The summed E-state index contributed by atoms with van der Waals surface area (Å²) in [6, 6.07) is 0.303. The highest BCUT2D eigenvalue weighted by molar-refractivity contribution is 5.05. The quantitative estimate of drug-likeness (QED) is 0.681. The SMILES string of the molecule is CCC(C)CN(CC)CC1C=CC(N)C1. The smallest absolute Gasteiger partial charge is 0.0229 e. The van der Waals surface area contributed by atoms with Gasteiger partial charge in [0, 0.05) is 19.1 Å². The van der Waals surface area contributed by atoms with Crippen LogP contribution in [0.5, 0.6) is 0 Å². The maximum atomic E-state index is 5.86. The summed E-state index contributed by atoms with van der Waals surface area (Å²) in [7, 11) is 0. The maximum Gasteiger partial charge on any atom is 0.0229 e. The van der Waals surface area contributed by atoms with E-state index in [1.54, 1.807) is 0 Å². The average molecular weight is 210 g/mol. The summed E-state index contributed by atoms with van der Waals surface area (Å²) in [5.74, 6) is 1.49. The van der Waals surface area contributed by atoms with E-state index in [1.807, 2.05) is 0 Å². The standard InChI is InChI=1S/C13H26N2/c1-4-11(3)9-15(5-2)10-12-6-7-13(14)8-12/h6-7,11-13H,4-5,8-10,14H2,1-3H3. The Morgan fingerprint density at radius 3 is 2.60 bits per heavy atom. The third-order valence-corrected chi connectivity index (χ3v) is 3.41. The van der Waals surface area contributed by atoms with Crippen LogP contribution in [0.2, 0.25) is 0 Å². The van der Waals surface area contributed by atoms with Crippen molar-refractivity contribution in [3.8, 4) is 0 Å². The summed E-state index contributed by atoms with van der Waals surface area (Å²) in [5, 5.41) is 0. The normalized spacial score (nSPS) is 27.5. The lowest BCUT2D eigenvalue weighted by Gasteiger charge is -2.26. The summed E-state index contributed by atoms with van der Waals surface area (Å²) < 4.78 is 0. The molecule has 0 saturated carbocycles. The molecule has 0 aliphatic heterocycles. The number of hydrogen-bond donors (Lipinski definition) is 1. The van der Waals surface area contributed by atoms with Crippen LogP contribution >= 0.6 is 0 Å². The molecule has 0 aromatic rings. The van der Waals surface area contributed by atoms with Crippen LogP contribution < -0.4 is 5.73 Å². The Morgan fingerprint density at radius 1 is 1.40 bits per heavy atom. The molecule has 0 bridgehead atoms. The fourth-order valence-electron chi connectivity index (χ4n) is 2.18. The molecule has 1 rings (SSSR count). The molecule has 3 unspecified atom stereocenters. The molecule has 0 radical (unpaired) electrons. The molecule has 0 amide bonds. The van der Waals surface area contributed by atoms with Gasteiger partial charge in [0.1, 0.15) is 0 Å². The third-order valence-electron chi connectivity index (χ3n) is 3.41. The largest absolute Gasteiger partial charge is 0.324 e. The van der Waals surface area contributed by atoms with E-state index >= 15 is 0 Å². The first-order valence-corrected chi connectivity index (χ1v) is 6.31. The zero-order chi connectivity index (χ0) is 11.3. The fourth-order valence-corrected chi connectivity index (χ4v) is 2.18. The Balaban J connectivity index is 2.30. The van der Waals surface area contributed by atoms with Crippen molar-refractivity contribution in [1.29, 1.82) is 0 Å². The Labute approximate surface area is 94.5 Å². The summed E-state index contributed by atoms with van der Waals surface area (Å²) in [6.45, 7) is 10.4. The van der Waals surface area contributed by atoms with Gasteiger partial charge in [-0.25, -0.2) is 0 Å². The molecule has 0 fully saturated rings. The lowest BCUT2D eigenvalue weighted by molar-refractivity contribution is 0.222. The second-order valence-electron chi connectivity index (χ2n) is 4.91. The van der Waals surface area contributed by atoms with Gasteiger partial charge in [-0.15, -0.1) is 0 Å². The van der Waals surface area contributed by atoms with Crippen LogP contribution in [0.25, 0.3) is 0 Å². The first-order chi connectivity index (χ1) is 7.15. The summed E-state index contributed by atoms with van der Waals surface area (Å²) >= 11 is 0. The predicted octanol–water partition coefficient (Wildman–Crippen LogP) is 2.26. The van der Waals surface area contributed by atoms with Crippen molar-refractivity contribution in [2.45, 2.75) is 39.7 Å². The summed E-state index contributed by atoms with van der Waals surface area (Å²) in [6.07, 6.45) is 6.86. The van der Waals surface area contributed by atoms with E-state index in [9.17, 15) is 0 Å². The third kappa shape index (κ3) is 4.35. The zero-order valence-electron chi connectivity index (χ0n) is 10.4. The molecule has 0 aromatic carbocycles. The zero-order valence-corrected chi connectivity index (χ0v) is 10.4. The lowest BCUT2D eigenvalue weighted by Crippen LogP contribution is -2.33. The van der Waals surface area contributed by atoms with Crippen LogP contribution in [0.15, 0.2) is 12.2 Å². The molecule has 1 aliphatic rings. The van der Waals surface area contributed by atoms with Crippen molar-refractivity contribution < 1.29 is 0 Å². The number of rotatable bonds is 6. The van der Waals surface area contributed by atoms with Crippen molar-refractivity contribution in [2.24, 2.45) is 17.6 Å². The molecule has 0 heterocycles. The van der Waals surface area contributed by atoms with E-state index in [0.717, 1.165) is 18.9 Å². The molecule has 0 saturated heterocycles. The monoisotopic (exact) mass is 210 g/mol. The van der Waals surface area contributed by atoms with Crippen molar-refractivity contribution in [3.63, 3.8) is 0 Å². The van der Waals surface area contributed by atoms with Gasteiger partial charge in [0.15, 0.2) is 0 Å². The van der Waals surface area contributed by atoms with Gasteiger partial charge in [0.05, 0.1) is 0 Å². The molecule has 0 aromatic heterocycles. The summed E-state index contributed by atoms with van der Waals surface area (Å²) in [5.41, 5.74) is 5.86. The topological polar surface area (TPSA) is 29.3 Å². The van der Waals surface area contributed by atoms with Gasteiger partial charge >= 0.3 is 0 Å². The number of nitrogens with zero attached hydrogens (tertiary/aromatic N) is 1. The van der Waals surface area contributed by atoms with Gasteiger partial charge in [-0.05, 0) is 24.8 Å². The Morgan fingerprint density at radius 2 is 2.13 bits per heavy atom. The molecular weight excluding hydrogens is 184 g/mol. The molecule has 88 valence electrons. The minimum Gasteiger partial charge on any atom is -0.324 e. The number of hydrogen-bond acceptors (Lipinski definition) is 2. The first kappa shape index (κ1) is 12.7. The molecule has 2 nitrogen and oxygen atoms in total. The number of nitrogens with two attached hydrogens (primary N) is 1.